The van der Waals surface area contributed by atoms with Crippen molar-refractivity contribution in [2.45, 2.75) is 52.5 Å². The maximum atomic E-state index is 11.8. The summed E-state index contributed by atoms with van der Waals surface area (Å²) in [5, 5.41) is 4.15. The number of ketones is 1. The normalized spacial score (nSPS) is 13.6. The van der Waals surface area contributed by atoms with E-state index in [1.54, 1.807) is 11.3 Å². The van der Waals surface area contributed by atoms with Gasteiger partial charge in [0.25, 0.3) is 0 Å². The number of hydrogen-bond acceptors (Lipinski definition) is 3. The third kappa shape index (κ3) is 6.59. The minimum absolute atomic E-state index is 0.00461. The van der Waals surface area contributed by atoms with Crippen molar-refractivity contribution < 1.29 is 4.79 Å². The van der Waals surface area contributed by atoms with Crippen molar-refractivity contribution in [3.63, 3.8) is 0 Å². The molecular formula is C14H23NOS. The molecule has 2 nitrogen and oxygen atoms in total. The van der Waals surface area contributed by atoms with Gasteiger partial charge in [-0.2, -0.15) is 11.3 Å². The quantitative estimate of drug-likeness (QED) is 0.844. The van der Waals surface area contributed by atoms with Crippen LogP contribution in [0.15, 0.2) is 16.8 Å². The minimum Gasteiger partial charge on any atom is -0.327 e. The van der Waals surface area contributed by atoms with E-state index < -0.39 is 0 Å². The van der Waals surface area contributed by atoms with Crippen molar-refractivity contribution in [2.24, 2.45) is 11.1 Å². The van der Waals surface area contributed by atoms with Crippen LogP contribution in [-0.4, -0.2) is 11.8 Å². The van der Waals surface area contributed by atoms with Gasteiger partial charge in [-0.15, -0.1) is 0 Å². The van der Waals surface area contributed by atoms with Crippen molar-refractivity contribution in [2.75, 3.05) is 0 Å². The summed E-state index contributed by atoms with van der Waals surface area (Å²) in [6.07, 6.45) is 2.89. The van der Waals surface area contributed by atoms with E-state index in [-0.39, 0.29) is 17.2 Å². The van der Waals surface area contributed by atoms with E-state index in [1.165, 1.54) is 5.56 Å². The second-order valence-corrected chi connectivity index (χ2v) is 6.68. The minimum atomic E-state index is 0.00461. The summed E-state index contributed by atoms with van der Waals surface area (Å²) in [7, 11) is 0. The smallest absolute Gasteiger partial charge is 0.134 e. The molecule has 0 saturated heterocycles. The molecule has 0 aliphatic rings. The fraction of sp³-hybridized carbons (Fsp3) is 0.643. The lowest BCUT2D eigenvalue weighted by atomic mass is 9.86. The van der Waals surface area contributed by atoms with Crippen LogP contribution in [0.3, 0.4) is 0 Å². The van der Waals surface area contributed by atoms with Gasteiger partial charge in [-0.3, -0.25) is 4.79 Å². The molecule has 2 N–H and O–H groups in total. The summed E-state index contributed by atoms with van der Waals surface area (Å²) < 4.78 is 0. The van der Waals surface area contributed by atoms with Crippen LogP contribution < -0.4 is 5.73 Å². The van der Waals surface area contributed by atoms with Gasteiger partial charge in [0.1, 0.15) is 5.78 Å². The molecule has 1 atom stereocenters. The molecule has 1 heterocycles. The van der Waals surface area contributed by atoms with Crippen molar-refractivity contribution in [1.29, 1.82) is 0 Å². The number of carbonyl (C=O) groups excluding carboxylic acids is 1. The number of Topliss-reactive ketones (excluding diaryl/α,β-unsaturated/α-hetero) is 1. The molecule has 0 aliphatic heterocycles. The molecule has 0 saturated carbocycles. The van der Waals surface area contributed by atoms with Gasteiger partial charge in [-0.05, 0) is 40.6 Å². The molecule has 0 fully saturated rings. The van der Waals surface area contributed by atoms with Crippen LogP contribution in [0.4, 0.5) is 0 Å². The Morgan fingerprint density at radius 1 is 1.47 bits per heavy atom. The van der Waals surface area contributed by atoms with E-state index in [2.05, 4.69) is 32.2 Å². The summed E-state index contributed by atoms with van der Waals surface area (Å²) in [6, 6.07) is 2.08. The highest BCUT2D eigenvalue weighted by Gasteiger charge is 2.17. The number of rotatable bonds is 6. The number of thiophene rings is 1. The van der Waals surface area contributed by atoms with Gasteiger partial charge in [0.15, 0.2) is 0 Å². The molecule has 3 heteroatoms. The molecular weight excluding hydrogens is 230 g/mol. The first-order chi connectivity index (χ1) is 7.87. The molecule has 0 spiro atoms. The Balaban J connectivity index is 2.25. The summed E-state index contributed by atoms with van der Waals surface area (Å²) in [4.78, 5) is 11.8. The van der Waals surface area contributed by atoms with Gasteiger partial charge in [0.2, 0.25) is 0 Å². The van der Waals surface area contributed by atoms with Crippen molar-refractivity contribution in [3.8, 4) is 0 Å². The van der Waals surface area contributed by atoms with Crippen LogP contribution in [0.2, 0.25) is 0 Å². The van der Waals surface area contributed by atoms with Crippen LogP contribution in [0.25, 0.3) is 0 Å². The largest absolute Gasteiger partial charge is 0.327 e. The summed E-state index contributed by atoms with van der Waals surface area (Å²) in [5.41, 5.74) is 7.45. The van der Waals surface area contributed by atoms with Gasteiger partial charge in [-0.25, -0.2) is 0 Å². The molecule has 0 aliphatic carbocycles. The second-order valence-electron chi connectivity index (χ2n) is 5.90. The van der Waals surface area contributed by atoms with Gasteiger partial charge in [0, 0.05) is 18.9 Å². The summed E-state index contributed by atoms with van der Waals surface area (Å²) >= 11 is 1.68. The lowest BCUT2D eigenvalue weighted by Crippen LogP contribution is -2.29. The Morgan fingerprint density at radius 2 is 2.18 bits per heavy atom. The number of nitrogens with two attached hydrogens (primary N) is 1. The van der Waals surface area contributed by atoms with Gasteiger partial charge in [0.05, 0.1) is 0 Å². The average Bonchev–Trinajstić information content (AvgIpc) is 2.63. The van der Waals surface area contributed by atoms with E-state index >= 15 is 0 Å². The van der Waals surface area contributed by atoms with E-state index in [0.29, 0.717) is 12.8 Å². The standard InChI is InChI=1S/C14H23NOS/c1-14(2,3)9-12(15)8-13(16)5-4-11-6-7-17-10-11/h6-7,10,12H,4-5,8-9,15H2,1-3H3. The number of carbonyl (C=O) groups is 1. The summed E-state index contributed by atoms with van der Waals surface area (Å²) in [5.74, 6) is 0.285. The third-order valence-corrected chi connectivity index (χ3v) is 3.37. The van der Waals surface area contributed by atoms with Crippen molar-refractivity contribution in [1.82, 2.24) is 0 Å². The zero-order valence-corrected chi connectivity index (χ0v) is 11.8. The first kappa shape index (κ1) is 14.4. The fourth-order valence-corrected chi connectivity index (χ4v) is 2.68. The van der Waals surface area contributed by atoms with E-state index in [0.717, 1.165) is 12.8 Å². The fourth-order valence-electron chi connectivity index (χ4n) is 1.97. The van der Waals surface area contributed by atoms with Crippen molar-refractivity contribution >= 4 is 17.1 Å². The third-order valence-electron chi connectivity index (χ3n) is 2.64. The first-order valence-electron chi connectivity index (χ1n) is 6.15. The monoisotopic (exact) mass is 253 g/mol. The van der Waals surface area contributed by atoms with Gasteiger partial charge < -0.3 is 5.73 Å². The van der Waals surface area contributed by atoms with Gasteiger partial charge >= 0.3 is 0 Å². The summed E-state index contributed by atoms with van der Waals surface area (Å²) in [6.45, 7) is 6.47. The molecule has 96 valence electrons. The Hall–Kier alpha value is -0.670. The van der Waals surface area contributed by atoms with Crippen LogP contribution in [0, 0.1) is 5.41 Å². The lowest BCUT2D eigenvalue weighted by Gasteiger charge is -2.22. The average molecular weight is 253 g/mol. The van der Waals surface area contributed by atoms with Crippen molar-refractivity contribution in [3.05, 3.63) is 22.4 Å². The van der Waals surface area contributed by atoms with E-state index in [9.17, 15) is 4.79 Å². The Kier molecular flexibility index (Phi) is 5.34. The predicted molar refractivity (Wildman–Crippen MR) is 74.3 cm³/mol. The van der Waals surface area contributed by atoms with E-state index in [4.69, 9.17) is 5.73 Å². The predicted octanol–water partition coefficient (Wildman–Crippen LogP) is 3.40. The Labute approximate surface area is 108 Å². The molecule has 1 unspecified atom stereocenters. The first-order valence-corrected chi connectivity index (χ1v) is 7.09. The van der Waals surface area contributed by atoms with Crippen LogP contribution >= 0.6 is 11.3 Å². The highest BCUT2D eigenvalue weighted by atomic mass is 32.1. The van der Waals surface area contributed by atoms with Crippen LogP contribution in [0.1, 0.15) is 45.6 Å². The maximum Gasteiger partial charge on any atom is 0.134 e. The maximum absolute atomic E-state index is 11.8. The molecule has 0 radical (unpaired) electrons. The highest BCUT2D eigenvalue weighted by molar-refractivity contribution is 7.07. The molecule has 1 rings (SSSR count). The number of aryl methyl sites for hydroxylation is 1. The molecule has 0 bridgehead atoms. The number of hydrogen-bond donors (Lipinski definition) is 1. The van der Waals surface area contributed by atoms with E-state index in [1.807, 2.05) is 5.38 Å². The molecule has 0 aromatic carbocycles. The van der Waals surface area contributed by atoms with Crippen LogP contribution in [-0.2, 0) is 11.2 Å². The molecule has 1 aromatic rings. The molecule has 1 aromatic heterocycles. The molecule has 0 amide bonds. The second kappa shape index (κ2) is 6.31. The van der Waals surface area contributed by atoms with Crippen LogP contribution in [0.5, 0.6) is 0 Å². The topological polar surface area (TPSA) is 43.1 Å². The molecule has 17 heavy (non-hydrogen) atoms. The zero-order valence-electron chi connectivity index (χ0n) is 11.0. The zero-order chi connectivity index (χ0) is 12.9. The Morgan fingerprint density at radius 3 is 2.71 bits per heavy atom. The van der Waals surface area contributed by atoms with Gasteiger partial charge in [-0.1, -0.05) is 20.8 Å². The Bertz CT molecular complexity index is 338. The lowest BCUT2D eigenvalue weighted by molar-refractivity contribution is -0.119. The highest BCUT2D eigenvalue weighted by Crippen LogP contribution is 2.21. The SMILES string of the molecule is CC(C)(C)CC(N)CC(=O)CCc1ccsc1.